The second-order valence-corrected chi connectivity index (χ2v) is 2.26. The fourth-order valence-corrected chi connectivity index (χ4v) is 0.781. The van der Waals surface area contributed by atoms with E-state index in [1.54, 1.807) is 6.07 Å². The van der Waals surface area contributed by atoms with Crippen molar-refractivity contribution in [3.8, 4) is 6.07 Å². The van der Waals surface area contributed by atoms with E-state index in [2.05, 4.69) is 0 Å². The zero-order chi connectivity index (χ0) is 7.07. The van der Waals surface area contributed by atoms with E-state index in [0.717, 1.165) is 0 Å². The molecule has 1 nitrogen and oxygen atoms in total. The van der Waals surface area contributed by atoms with Gasteiger partial charge in [-0.2, -0.15) is 5.26 Å². The molecule has 1 saturated carbocycles. The van der Waals surface area contributed by atoms with Crippen LogP contribution in [0.25, 0.3) is 0 Å². The number of nitrogens with zero attached hydrogens (tertiary/aromatic N) is 1. The summed E-state index contributed by atoms with van der Waals surface area (Å²) in [6.07, 6.45) is 0.0278. The van der Waals surface area contributed by atoms with Crippen molar-refractivity contribution in [3.63, 3.8) is 0 Å². The summed E-state index contributed by atoms with van der Waals surface area (Å²) in [5.41, 5.74) is 0. The molecule has 50 valence electrons. The SMILES string of the molecule is N#CC1CC1[B-](F)(F)F.[K+]. The van der Waals surface area contributed by atoms with Crippen molar-refractivity contribution in [2.24, 2.45) is 5.92 Å². The molecule has 2 atom stereocenters. The van der Waals surface area contributed by atoms with Gasteiger partial charge in [0.1, 0.15) is 0 Å². The fraction of sp³-hybridized carbons (Fsp3) is 0.750. The molecule has 2 unspecified atom stereocenters. The first-order valence-corrected chi connectivity index (χ1v) is 2.65. The maximum atomic E-state index is 11.6. The number of hydrogen-bond acceptors (Lipinski definition) is 1. The zero-order valence-electron chi connectivity index (χ0n) is 5.52. The molecule has 0 radical (unpaired) electrons. The zero-order valence-corrected chi connectivity index (χ0v) is 8.64. The Bertz CT molecular complexity index is 163. The normalized spacial score (nSPS) is 30.2. The molecule has 0 aromatic carbocycles. The van der Waals surface area contributed by atoms with E-state index < -0.39 is 18.7 Å². The number of hydrogen-bond donors (Lipinski definition) is 0. The van der Waals surface area contributed by atoms with Gasteiger partial charge in [-0.15, -0.1) is 0 Å². The summed E-state index contributed by atoms with van der Waals surface area (Å²) in [6, 6.07) is 1.59. The second-order valence-electron chi connectivity index (χ2n) is 2.26. The van der Waals surface area contributed by atoms with Gasteiger partial charge in [-0.1, -0.05) is 12.2 Å². The van der Waals surface area contributed by atoms with Crippen LogP contribution in [0.4, 0.5) is 12.9 Å². The topological polar surface area (TPSA) is 23.8 Å². The molecule has 0 amide bonds. The Morgan fingerprint density at radius 1 is 1.40 bits per heavy atom. The van der Waals surface area contributed by atoms with E-state index in [-0.39, 0.29) is 57.8 Å². The van der Waals surface area contributed by atoms with Crippen molar-refractivity contribution in [1.82, 2.24) is 0 Å². The van der Waals surface area contributed by atoms with Gasteiger partial charge in [-0.05, 0) is 0 Å². The molecular weight excluding hydrogens is 169 g/mol. The Labute approximate surface area is 99.4 Å². The second kappa shape index (κ2) is 3.59. The fourth-order valence-electron chi connectivity index (χ4n) is 0.781. The molecule has 0 aromatic heterocycles. The summed E-state index contributed by atoms with van der Waals surface area (Å²) in [4.78, 5) is 0. The van der Waals surface area contributed by atoms with Crippen molar-refractivity contribution in [3.05, 3.63) is 0 Å². The third-order valence-electron chi connectivity index (χ3n) is 1.49. The molecule has 0 aromatic rings. The quantitative estimate of drug-likeness (QED) is 0.454. The van der Waals surface area contributed by atoms with Crippen molar-refractivity contribution in [2.75, 3.05) is 0 Å². The average Bonchev–Trinajstić information content (AvgIpc) is 2.39. The van der Waals surface area contributed by atoms with Crippen LogP contribution in [0.3, 0.4) is 0 Å². The van der Waals surface area contributed by atoms with Crippen LogP contribution in [0, 0.1) is 17.2 Å². The summed E-state index contributed by atoms with van der Waals surface area (Å²) in [7, 11) is 0. The molecule has 1 aliphatic rings. The molecule has 6 heteroatoms. The van der Waals surface area contributed by atoms with Crippen LogP contribution in [0.5, 0.6) is 0 Å². The first kappa shape index (κ1) is 11.0. The van der Waals surface area contributed by atoms with Gasteiger partial charge in [0.15, 0.2) is 0 Å². The third kappa shape index (κ3) is 2.55. The van der Waals surface area contributed by atoms with Crippen LogP contribution < -0.4 is 51.4 Å². The Morgan fingerprint density at radius 2 is 1.90 bits per heavy atom. The van der Waals surface area contributed by atoms with Crippen LogP contribution >= 0.6 is 0 Å². The predicted molar refractivity (Wildman–Crippen MR) is 26.5 cm³/mol. The number of halogens is 3. The van der Waals surface area contributed by atoms with Gasteiger partial charge in [0.25, 0.3) is 0 Å². The maximum Gasteiger partial charge on any atom is 1.00 e. The molecule has 1 fully saturated rings. The Morgan fingerprint density at radius 3 is 2.00 bits per heavy atom. The minimum absolute atomic E-state index is 0. The van der Waals surface area contributed by atoms with E-state index in [1.807, 2.05) is 0 Å². The Kier molecular flexibility index (Phi) is 3.94. The average molecular weight is 173 g/mol. The number of nitriles is 1. The molecule has 0 spiro atoms. The van der Waals surface area contributed by atoms with Crippen molar-refractivity contribution in [1.29, 1.82) is 5.26 Å². The number of rotatable bonds is 1. The van der Waals surface area contributed by atoms with E-state index in [0.29, 0.717) is 0 Å². The van der Waals surface area contributed by atoms with E-state index in [1.165, 1.54) is 0 Å². The van der Waals surface area contributed by atoms with Crippen molar-refractivity contribution in [2.45, 2.75) is 12.2 Å². The summed E-state index contributed by atoms with van der Waals surface area (Å²) in [6.45, 7) is -4.72. The van der Waals surface area contributed by atoms with Crippen molar-refractivity contribution < 1.29 is 64.3 Å². The first-order valence-electron chi connectivity index (χ1n) is 2.65. The van der Waals surface area contributed by atoms with Gasteiger partial charge in [0.2, 0.25) is 0 Å². The molecule has 0 saturated heterocycles. The molecule has 0 bridgehead atoms. The molecule has 0 heterocycles. The maximum absolute atomic E-state index is 11.6. The monoisotopic (exact) mass is 173 g/mol. The molecule has 1 aliphatic carbocycles. The molecule has 0 N–H and O–H groups in total. The van der Waals surface area contributed by atoms with Gasteiger partial charge in [0.05, 0.1) is 6.07 Å². The minimum Gasteiger partial charge on any atom is -0.449 e. The van der Waals surface area contributed by atoms with Gasteiger partial charge < -0.3 is 12.9 Å². The van der Waals surface area contributed by atoms with E-state index >= 15 is 0 Å². The van der Waals surface area contributed by atoms with Crippen LogP contribution in [0.15, 0.2) is 0 Å². The molecule has 1 rings (SSSR count). The summed E-state index contributed by atoms with van der Waals surface area (Å²) in [5, 5.41) is 8.00. The largest absolute Gasteiger partial charge is 1.00 e. The van der Waals surface area contributed by atoms with Crippen LogP contribution in [-0.4, -0.2) is 6.98 Å². The summed E-state index contributed by atoms with van der Waals surface area (Å²) in [5.74, 6) is -2.00. The first-order chi connectivity index (χ1) is 4.05. The smallest absolute Gasteiger partial charge is 0.449 e. The predicted octanol–water partition coefficient (Wildman–Crippen LogP) is -1.25. The van der Waals surface area contributed by atoms with Crippen molar-refractivity contribution >= 4 is 6.98 Å². The molecular formula is C4H4BF3KN. The van der Waals surface area contributed by atoms with Gasteiger partial charge in [0, 0.05) is 5.92 Å². The summed E-state index contributed by atoms with van der Waals surface area (Å²) >= 11 is 0. The van der Waals surface area contributed by atoms with Crippen LogP contribution in [-0.2, 0) is 0 Å². The minimum atomic E-state index is -4.72. The Hall–Kier alpha value is 0.981. The van der Waals surface area contributed by atoms with E-state index in [4.69, 9.17) is 5.26 Å². The standard InChI is InChI=1S/C4H4BF3N.K/c6-5(7,8)4-1-3(4)2-9;/h3-4H,1H2;/q-1;+1. The summed E-state index contributed by atoms with van der Waals surface area (Å²) < 4.78 is 34.8. The third-order valence-corrected chi connectivity index (χ3v) is 1.49. The van der Waals surface area contributed by atoms with Gasteiger partial charge in [-0.25, -0.2) is 0 Å². The Balaban J connectivity index is 0.000000810. The van der Waals surface area contributed by atoms with Crippen LogP contribution in [0.2, 0.25) is 5.82 Å². The van der Waals surface area contributed by atoms with Crippen LogP contribution in [0.1, 0.15) is 6.42 Å². The van der Waals surface area contributed by atoms with Gasteiger partial charge >= 0.3 is 58.4 Å². The molecule has 10 heavy (non-hydrogen) atoms. The molecule has 0 aliphatic heterocycles. The van der Waals surface area contributed by atoms with E-state index in [9.17, 15) is 12.9 Å². The van der Waals surface area contributed by atoms with Gasteiger partial charge in [-0.3, -0.25) is 0 Å².